The number of hydrogen-bond donors (Lipinski definition) is 1. The van der Waals surface area contributed by atoms with E-state index in [4.69, 9.17) is 0 Å². The van der Waals surface area contributed by atoms with Crippen LogP contribution in [0.1, 0.15) is 32.8 Å². The summed E-state index contributed by atoms with van der Waals surface area (Å²) in [4.78, 5) is 12.9. The first-order valence-electron chi connectivity index (χ1n) is 6.97. The fraction of sp³-hybridized carbons (Fsp3) is 0.562. The maximum absolute atomic E-state index is 11.7. The molecule has 4 heteroatoms. The molecule has 0 saturated carbocycles. The topological polar surface area (TPSA) is 29.1 Å². The summed E-state index contributed by atoms with van der Waals surface area (Å²) in [6, 6.07) is 8.42. The van der Waals surface area contributed by atoms with Crippen molar-refractivity contribution >= 4 is 29.4 Å². The van der Waals surface area contributed by atoms with Crippen LogP contribution in [0.2, 0.25) is 0 Å². The van der Waals surface area contributed by atoms with Crippen molar-refractivity contribution in [1.29, 1.82) is 0 Å². The van der Waals surface area contributed by atoms with Gasteiger partial charge in [-0.1, -0.05) is 38.5 Å². The fourth-order valence-electron chi connectivity index (χ4n) is 1.53. The molecule has 112 valence electrons. The molecule has 2 nitrogen and oxygen atoms in total. The number of thioether (sulfide) groups is 2. The van der Waals surface area contributed by atoms with Crippen LogP contribution in [0.5, 0.6) is 0 Å². The summed E-state index contributed by atoms with van der Waals surface area (Å²) < 4.78 is 0.270. The van der Waals surface area contributed by atoms with E-state index in [0.29, 0.717) is 6.42 Å². The highest BCUT2D eigenvalue weighted by molar-refractivity contribution is 8.00. The largest absolute Gasteiger partial charge is 0.355 e. The zero-order chi connectivity index (χ0) is 15.0. The predicted octanol–water partition coefficient (Wildman–Crippen LogP) is 4.13. The molecular formula is C16H25NOS2. The highest BCUT2D eigenvalue weighted by atomic mass is 32.2. The van der Waals surface area contributed by atoms with Crippen LogP contribution in [0.3, 0.4) is 0 Å². The van der Waals surface area contributed by atoms with Crippen LogP contribution >= 0.6 is 23.5 Å². The van der Waals surface area contributed by atoms with Crippen molar-refractivity contribution in [3.05, 3.63) is 29.8 Å². The lowest BCUT2D eigenvalue weighted by Gasteiger charge is -2.17. The van der Waals surface area contributed by atoms with Crippen LogP contribution in [0.15, 0.2) is 29.2 Å². The summed E-state index contributed by atoms with van der Waals surface area (Å²) in [5.74, 6) is 1.96. The molecule has 0 heterocycles. The van der Waals surface area contributed by atoms with E-state index >= 15 is 0 Å². The van der Waals surface area contributed by atoms with Crippen LogP contribution in [0.4, 0.5) is 0 Å². The van der Waals surface area contributed by atoms with Crippen molar-refractivity contribution < 1.29 is 4.79 Å². The summed E-state index contributed by atoms with van der Waals surface area (Å²) in [5, 5.41) is 2.98. The molecule has 1 N–H and O–H groups in total. The monoisotopic (exact) mass is 311 g/mol. The molecule has 1 amide bonds. The average molecular weight is 312 g/mol. The lowest BCUT2D eigenvalue weighted by molar-refractivity contribution is -0.120. The van der Waals surface area contributed by atoms with Crippen LogP contribution in [0.25, 0.3) is 0 Å². The van der Waals surface area contributed by atoms with Gasteiger partial charge in [-0.25, -0.2) is 0 Å². The molecule has 0 bridgehead atoms. The first kappa shape index (κ1) is 17.4. The lowest BCUT2D eigenvalue weighted by Crippen LogP contribution is -2.27. The minimum absolute atomic E-state index is 0.152. The van der Waals surface area contributed by atoms with Gasteiger partial charge in [-0.2, -0.15) is 11.8 Å². The Labute approximate surface area is 131 Å². The van der Waals surface area contributed by atoms with Gasteiger partial charge in [-0.05, 0) is 19.1 Å². The van der Waals surface area contributed by atoms with Gasteiger partial charge in [0, 0.05) is 34.1 Å². The molecular weight excluding hydrogens is 286 g/mol. The van der Waals surface area contributed by atoms with E-state index in [1.807, 2.05) is 11.8 Å². The minimum Gasteiger partial charge on any atom is -0.355 e. The first-order chi connectivity index (χ1) is 9.37. The van der Waals surface area contributed by atoms with Crippen molar-refractivity contribution in [2.45, 2.75) is 43.8 Å². The zero-order valence-corrected chi connectivity index (χ0v) is 14.5. The normalized spacial score (nSPS) is 11.4. The third-order valence-electron chi connectivity index (χ3n) is 2.58. The smallest absolute Gasteiger partial charge is 0.220 e. The molecule has 0 radical (unpaired) electrons. The molecule has 0 aliphatic rings. The van der Waals surface area contributed by atoms with Gasteiger partial charge in [0.05, 0.1) is 0 Å². The number of benzene rings is 1. The van der Waals surface area contributed by atoms with E-state index in [9.17, 15) is 4.79 Å². The zero-order valence-electron chi connectivity index (χ0n) is 12.9. The molecule has 20 heavy (non-hydrogen) atoms. The first-order valence-corrected chi connectivity index (χ1v) is 8.94. The number of carbonyl (C=O) groups is 1. The van der Waals surface area contributed by atoms with E-state index in [1.54, 1.807) is 11.8 Å². The van der Waals surface area contributed by atoms with E-state index in [0.717, 1.165) is 18.1 Å². The molecule has 0 aliphatic heterocycles. The van der Waals surface area contributed by atoms with Gasteiger partial charge in [0.2, 0.25) is 5.91 Å². The number of carbonyl (C=O) groups excluding carboxylic acids is 1. The van der Waals surface area contributed by atoms with Crippen molar-refractivity contribution in [3.8, 4) is 0 Å². The Kier molecular flexibility index (Phi) is 7.52. The van der Waals surface area contributed by atoms with E-state index in [-0.39, 0.29) is 10.7 Å². The molecule has 1 aromatic carbocycles. The molecule has 0 aliphatic carbocycles. The second-order valence-corrected chi connectivity index (χ2v) is 8.81. The Morgan fingerprint density at radius 2 is 1.80 bits per heavy atom. The fourth-order valence-corrected chi connectivity index (χ4v) is 3.20. The number of rotatable bonds is 7. The van der Waals surface area contributed by atoms with E-state index in [1.165, 1.54) is 10.5 Å². The number of aryl methyl sites for hydroxylation is 1. The Hall–Kier alpha value is -0.610. The van der Waals surface area contributed by atoms with Gasteiger partial charge in [-0.15, -0.1) is 11.8 Å². The lowest BCUT2D eigenvalue weighted by atomic mass is 10.2. The number of nitrogens with one attached hydrogen (secondary N) is 1. The summed E-state index contributed by atoms with van der Waals surface area (Å²) in [6.07, 6.45) is 0.582. The summed E-state index contributed by atoms with van der Waals surface area (Å²) in [5.41, 5.74) is 1.27. The summed E-state index contributed by atoms with van der Waals surface area (Å²) in [6.45, 7) is 9.42. The minimum atomic E-state index is 0.152. The van der Waals surface area contributed by atoms with Crippen molar-refractivity contribution in [1.82, 2.24) is 5.32 Å². The predicted molar refractivity (Wildman–Crippen MR) is 91.7 cm³/mol. The highest BCUT2D eigenvalue weighted by Gasteiger charge is 2.10. The third kappa shape index (κ3) is 8.54. The van der Waals surface area contributed by atoms with Gasteiger partial charge >= 0.3 is 0 Å². The second kappa shape index (κ2) is 8.63. The van der Waals surface area contributed by atoms with Crippen molar-refractivity contribution in [2.75, 3.05) is 18.1 Å². The second-order valence-electron chi connectivity index (χ2n) is 5.72. The van der Waals surface area contributed by atoms with Crippen LogP contribution in [-0.4, -0.2) is 28.7 Å². The van der Waals surface area contributed by atoms with Crippen LogP contribution < -0.4 is 5.32 Å². The summed E-state index contributed by atoms with van der Waals surface area (Å²) >= 11 is 3.61. The quantitative estimate of drug-likeness (QED) is 0.606. The van der Waals surface area contributed by atoms with Crippen molar-refractivity contribution in [3.63, 3.8) is 0 Å². The third-order valence-corrected chi connectivity index (χ3v) is 4.87. The highest BCUT2D eigenvalue weighted by Crippen LogP contribution is 2.22. The SMILES string of the molecule is Cc1ccc(SCCC(=O)NCCSC(C)(C)C)cc1. The molecule has 1 rings (SSSR count). The molecule has 0 spiro atoms. The molecule has 0 saturated heterocycles. The Balaban J connectivity index is 2.10. The molecule has 0 fully saturated rings. The number of amides is 1. The molecule has 0 atom stereocenters. The van der Waals surface area contributed by atoms with Crippen LogP contribution in [0, 0.1) is 6.92 Å². The van der Waals surface area contributed by atoms with E-state index < -0.39 is 0 Å². The standard InChI is InChI=1S/C16H25NOS2/c1-13-5-7-14(8-6-13)19-11-9-15(18)17-10-12-20-16(2,3)4/h5-8H,9-12H2,1-4H3,(H,17,18). The van der Waals surface area contributed by atoms with Crippen LogP contribution in [-0.2, 0) is 4.79 Å². The van der Waals surface area contributed by atoms with Gasteiger partial charge in [0.25, 0.3) is 0 Å². The van der Waals surface area contributed by atoms with E-state index in [2.05, 4.69) is 57.3 Å². The maximum atomic E-state index is 11.7. The molecule has 0 unspecified atom stereocenters. The number of hydrogen-bond acceptors (Lipinski definition) is 3. The summed E-state index contributed by atoms with van der Waals surface area (Å²) in [7, 11) is 0. The van der Waals surface area contributed by atoms with Gasteiger partial charge in [-0.3, -0.25) is 4.79 Å². The Morgan fingerprint density at radius 1 is 1.15 bits per heavy atom. The molecule has 0 aromatic heterocycles. The Morgan fingerprint density at radius 3 is 2.40 bits per heavy atom. The molecule has 1 aromatic rings. The van der Waals surface area contributed by atoms with Crippen molar-refractivity contribution in [2.24, 2.45) is 0 Å². The van der Waals surface area contributed by atoms with Gasteiger partial charge in [0.1, 0.15) is 0 Å². The van der Waals surface area contributed by atoms with Gasteiger partial charge in [0.15, 0.2) is 0 Å². The van der Waals surface area contributed by atoms with Gasteiger partial charge < -0.3 is 5.32 Å². The average Bonchev–Trinajstić information content (AvgIpc) is 2.36. The Bertz CT molecular complexity index is 409. The maximum Gasteiger partial charge on any atom is 0.220 e.